The van der Waals surface area contributed by atoms with Crippen molar-refractivity contribution in [2.45, 2.75) is 31.2 Å². The van der Waals surface area contributed by atoms with E-state index in [2.05, 4.69) is 15.6 Å². The number of carbonyl (C=O) groups excluding carboxylic acids is 2. The Morgan fingerprint density at radius 2 is 2.07 bits per heavy atom. The van der Waals surface area contributed by atoms with Gasteiger partial charge in [-0.25, -0.2) is 0 Å². The van der Waals surface area contributed by atoms with Gasteiger partial charge in [0, 0.05) is 36.2 Å². The van der Waals surface area contributed by atoms with Crippen LogP contribution in [0.25, 0.3) is 10.9 Å². The molecule has 2 saturated heterocycles. The van der Waals surface area contributed by atoms with Gasteiger partial charge in [-0.3, -0.25) is 19.6 Å². The Morgan fingerprint density at radius 1 is 1.21 bits per heavy atom. The Bertz CT molecular complexity index is 996. The molecule has 4 heterocycles. The molecule has 2 fully saturated rings. The molecule has 1 aromatic heterocycles. The van der Waals surface area contributed by atoms with Crippen molar-refractivity contribution in [1.29, 1.82) is 0 Å². The first-order valence-corrected chi connectivity index (χ1v) is 10.4. The van der Waals surface area contributed by atoms with Crippen LogP contribution in [0.1, 0.15) is 36.0 Å². The number of nitrogens with zero attached hydrogens (tertiary/aromatic N) is 3. The summed E-state index contributed by atoms with van der Waals surface area (Å²) in [6, 6.07) is 9.50. The van der Waals surface area contributed by atoms with E-state index in [1.54, 1.807) is 6.20 Å². The van der Waals surface area contributed by atoms with Crippen LogP contribution in [0.4, 0.5) is 0 Å². The van der Waals surface area contributed by atoms with Crippen LogP contribution in [-0.4, -0.2) is 59.3 Å². The van der Waals surface area contributed by atoms with E-state index in [1.807, 2.05) is 35.2 Å². The third-order valence-electron chi connectivity index (χ3n) is 6.37. The summed E-state index contributed by atoms with van der Waals surface area (Å²) in [4.78, 5) is 36.8. The average molecular weight is 391 g/mol. The van der Waals surface area contributed by atoms with E-state index in [1.165, 1.54) is 0 Å². The van der Waals surface area contributed by atoms with Crippen molar-refractivity contribution < 1.29 is 9.59 Å². The zero-order valence-corrected chi connectivity index (χ0v) is 16.4. The highest BCUT2D eigenvalue weighted by Gasteiger charge is 2.46. The lowest BCUT2D eigenvalue weighted by atomic mass is 9.89. The van der Waals surface area contributed by atoms with Gasteiger partial charge in [0.05, 0.1) is 5.52 Å². The monoisotopic (exact) mass is 391 g/mol. The summed E-state index contributed by atoms with van der Waals surface area (Å²) in [6.45, 7) is 2.96. The number of fused-ring (bicyclic) bond motifs is 1. The van der Waals surface area contributed by atoms with Crippen molar-refractivity contribution in [1.82, 2.24) is 20.5 Å². The highest BCUT2D eigenvalue weighted by atomic mass is 16.2. The maximum atomic E-state index is 13.1. The van der Waals surface area contributed by atoms with Crippen LogP contribution in [0.2, 0.25) is 0 Å². The topological polar surface area (TPSA) is 86.7 Å². The van der Waals surface area contributed by atoms with Gasteiger partial charge in [-0.15, -0.1) is 0 Å². The number of amides is 2. The number of pyridine rings is 1. The van der Waals surface area contributed by atoms with E-state index >= 15 is 0 Å². The lowest BCUT2D eigenvalue weighted by molar-refractivity contribution is -0.124. The van der Waals surface area contributed by atoms with E-state index in [0.29, 0.717) is 12.1 Å². The molecule has 1 unspecified atom stereocenters. The number of nitrogens with one attached hydrogen (secondary N) is 2. The number of hydrogen-bond donors (Lipinski definition) is 2. The second kappa shape index (κ2) is 7.22. The van der Waals surface area contributed by atoms with Crippen LogP contribution in [0, 0.1) is 5.92 Å². The molecular formula is C22H25N5O2. The van der Waals surface area contributed by atoms with Crippen molar-refractivity contribution in [3.8, 4) is 0 Å². The van der Waals surface area contributed by atoms with Crippen molar-refractivity contribution in [3.05, 3.63) is 42.1 Å². The summed E-state index contributed by atoms with van der Waals surface area (Å²) in [5, 5.41) is 7.31. The molecule has 3 aliphatic heterocycles. The Labute approximate surface area is 169 Å². The normalized spacial score (nSPS) is 23.9. The molecule has 29 heavy (non-hydrogen) atoms. The second-order valence-corrected chi connectivity index (χ2v) is 8.23. The zero-order valence-electron chi connectivity index (χ0n) is 16.4. The van der Waals surface area contributed by atoms with Gasteiger partial charge in [-0.1, -0.05) is 6.07 Å². The first kappa shape index (κ1) is 18.2. The average Bonchev–Trinajstić information content (AvgIpc) is 3.09. The zero-order chi connectivity index (χ0) is 19.8. The van der Waals surface area contributed by atoms with Gasteiger partial charge in [0.2, 0.25) is 0 Å². The quantitative estimate of drug-likeness (QED) is 0.816. The Morgan fingerprint density at radius 3 is 2.93 bits per heavy atom. The highest BCUT2D eigenvalue weighted by molar-refractivity contribution is 6.09. The van der Waals surface area contributed by atoms with Gasteiger partial charge >= 0.3 is 0 Å². The van der Waals surface area contributed by atoms with Crippen LogP contribution in [-0.2, 0) is 4.79 Å². The summed E-state index contributed by atoms with van der Waals surface area (Å²) in [5.41, 5.74) is 0.965. The number of aromatic nitrogens is 1. The predicted octanol–water partition coefficient (Wildman–Crippen LogP) is 1.74. The van der Waals surface area contributed by atoms with Gasteiger partial charge in [0.15, 0.2) is 0 Å². The Balaban J connectivity index is 1.34. The fraction of sp³-hybridized carbons (Fsp3) is 0.455. The third-order valence-corrected chi connectivity index (χ3v) is 6.37. The van der Waals surface area contributed by atoms with Crippen LogP contribution >= 0.6 is 0 Å². The van der Waals surface area contributed by atoms with E-state index in [4.69, 9.17) is 4.99 Å². The predicted molar refractivity (Wildman–Crippen MR) is 111 cm³/mol. The molecular weight excluding hydrogens is 366 g/mol. The van der Waals surface area contributed by atoms with Crippen molar-refractivity contribution >= 4 is 28.6 Å². The fourth-order valence-corrected chi connectivity index (χ4v) is 4.69. The smallest absolute Gasteiger partial charge is 0.253 e. The van der Waals surface area contributed by atoms with Crippen molar-refractivity contribution in [2.75, 3.05) is 26.2 Å². The maximum Gasteiger partial charge on any atom is 0.253 e. The first-order valence-electron chi connectivity index (χ1n) is 10.4. The first-order chi connectivity index (χ1) is 14.1. The van der Waals surface area contributed by atoms with Gasteiger partial charge in [0.1, 0.15) is 11.4 Å². The molecule has 5 rings (SSSR count). The standard InChI is InChI=1S/C22H25N5O2/c28-20(16-5-6-18-15(13-16)3-1-9-24-18)27-12-2-4-17(14-27)19-25-21(29)22(26-19)7-10-23-11-8-22/h1,3,5-6,9,13,17,23H,2,4,7-8,10-12,14H2,(H,25,26,29). The van der Waals surface area contributed by atoms with E-state index in [9.17, 15) is 9.59 Å². The summed E-state index contributed by atoms with van der Waals surface area (Å²) in [7, 11) is 0. The summed E-state index contributed by atoms with van der Waals surface area (Å²) >= 11 is 0. The number of hydrogen-bond acceptors (Lipinski definition) is 5. The molecule has 7 heteroatoms. The number of benzene rings is 1. The third kappa shape index (κ3) is 3.29. The van der Waals surface area contributed by atoms with E-state index < -0.39 is 5.54 Å². The summed E-state index contributed by atoms with van der Waals surface area (Å²) in [5.74, 6) is 0.923. The molecule has 150 valence electrons. The lowest BCUT2D eigenvalue weighted by Gasteiger charge is -2.33. The molecule has 2 aromatic rings. The number of rotatable bonds is 2. The number of amidine groups is 1. The summed E-state index contributed by atoms with van der Waals surface area (Å²) in [6.07, 6.45) is 5.09. The maximum absolute atomic E-state index is 13.1. The molecule has 1 aromatic carbocycles. The highest BCUT2D eigenvalue weighted by Crippen LogP contribution is 2.30. The largest absolute Gasteiger partial charge is 0.338 e. The minimum Gasteiger partial charge on any atom is -0.338 e. The summed E-state index contributed by atoms with van der Waals surface area (Å²) < 4.78 is 0. The van der Waals surface area contributed by atoms with Crippen LogP contribution in [0.15, 0.2) is 41.5 Å². The van der Waals surface area contributed by atoms with Gasteiger partial charge in [-0.2, -0.15) is 0 Å². The molecule has 1 atom stereocenters. The van der Waals surface area contributed by atoms with Crippen LogP contribution < -0.4 is 10.6 Å². The fourth-order valence-electron chi connectivity index (χ4n) is 4.69. The van der Waals surface area contributed by atoms with Gasteiger partial charge in [0.25, 0.3) is 11.8 Å². The number of likely N-dealkylation sites (tertiary alicyclic amines) is 1. The molecule has 0 aliphatic carbocycles. The van der Waals surface area contributed by atoms with Crippen LogP contribution in [0.5, 0.6) is 0 Å². The van der Waals surface area contributed by atoms with Crippen molar-refractivity contribution in [3.63, 3.8) is 0 Å². The Kier molecular flexibility index (Phi) is 4.54. The minimum atomic E-state index is -0.599. The molecule has 0 bridgehead atoms. The van der Waals surface area contributed by atoms with Gasteiger partial charge in [-0.05, 0) is 63.0 Å². The molecule has 3 aliphatic rings. The molecule has 1 spiro atoms. The lowest BCUT2D eigenvalue weighted by Crippen LogP contribution is -2.48. The van der Waals surface area contributed by atoms with Crippen molar-refractivity contribution in [2.24, 2.45) is 10.9 Å². The SMILES string of the molecule is O=C(c1ccc2ncccc2c1)N1CCCC(C2=NC3(CCNCC3)C(=O)N2)C1. The number of aliphatic imine (C=N–C) groups is 1. The molecule has 2 amide bonds. The molecule has 0 radical (unpaired) electrons. The number of piperidine rings is 2. The Hall–Kier alpha value is -2.80. The second-order valence-electron chi connectivity index (χ2n) is 8.23. The molecule has 0 saturated carbocycles. The van der Waals surface area contributed by atoms with E-state index in [-0.39, 0.29) is 17.7 Å². The minimum absolute atomic E-state index is 0.0273. The molecule has 7 nitrogen and oxygen atoms in total. The molecule has 2 N–H and O–H groups in total. The van der Waals surface area contributed by atoms with Crippen LogP contribution in [0.3, 0.4) is 0 Å². The van der Waals surface area contributed by atoms with Gasteiger partial charge < -0.3 is 15.5 Å². The van der Waals surface area contributed by atoms with E-state index in [0.717, 1.165) is 62.1 Å². The number of carbonyl (C=O) groups is 2.